The zero-order valence-corrected chi connectivity index (χ0v) is 20.6. The summed E-state index contributed by atoms with van der Waals surface area (Å²) in [5, 5.41) is 6.04. The molecule has 2 N–H and O–H groups in total. The van der Waals surface area contributed by atoms with Gasteiger partial charge in [-0.25, -0.2) is 4.79 Å². The van der Waals surface area contributed by atoms with Gasteiger partial charge in [0.25, 0.3) is 0 Å². The number of carbonyl (C=O) groups excluding carboxylic acids is 2. The van der Waals surface area contributed by atoms with Crippen LogP contribution < -0.4 is 15.5 Å². The lowest BCUT2D eigenvalue weighted by molar-refractivity contribution is -0.117. The molecule has 0 bridgehead atoms. The summed E-state index contributed by atoms with van der Waals surface area (Å²) >= 11 is 0. The molecule has 170 valence electrons. The second-order valence-corrected chi connectivity index (χ2v) is 10.2. The Morgan fingerprint density at radius 2 is 1.63 bits per heavy atom. The van der Waals surface area contributed by atoms with Crippen molar-refractivity contribution in [2.45, 2.75) is 80.4 Å². The van der Waals surface area contributed by atoms with Gasteiger partial charge < -0.3 is 20.4 Å². The molecule has 0 unspecified atom stereocenters. The summed E-state index contributed by atoms with van der Waals surface area (Å²) < 4.78 is 0. The maximum atomic E-state index is 12.9. The Morgan fingerprint density at radius 3 is 2.10 bits per heavy atom. The van der Waals surface area contributed by atoms with Crippen molar-refractivity contribution in [3.05, 3.63) is 23.8 Å². The second-order valence-electron chi connectivity index (χ2n) is 10.2. The molecular formula is C24H42N4O2. The summed E-state index contributed by atoms with van der Waals surface area (Å²) in [6, 6.07) is 5.97. The van der Waals surface area contributed by atoms with E-state index in [2.05, 4.69) is 31.4 Å². The fourth-order valence-corrected chi connectivity index (χ4v) is 3.19. The van der Waals surface area contributed by atoms with Crippen molar-refractivity contribution in [3.63, 3.8) is 0 Å². The maximum Gasteiger partial charge on any atom is 0.318 e. The third-order valence-electron chi connectivity index (χ3n) is 5.01. The summed E-state index contributed by atoms with van der Waals surface area (Å²) in [5.41, 5.74) is 2.71. The number of hydrogen-bond acceptors (Lipinski definition) is 3. The molecule has 0 aromatic heterocycles. The molecule has 3 amide bonds. The van der Waals surface area contributed by atoms with Crippen LogP contribution in [-0.2, 0) is 11.3 Å². The molecule has 0 saturated heterocycles. The Kier molecular flexibility index (Phi) is 9.19. The van der Waals surface area contributed by atoms with Crippen molar-refractivity contribution in [1.82, 2.24) is 10.2 Å². The van der Waals surface area contributed by atoms with Crippen LogP contribution in [0.2, 0.25) is 0 Å². The topological polar surface area (TPSA) is 64.7 Å². The van der Waals surface area contributed by atoms with E-state index in [0.717, 1.165) is 16.9 Å². The molecule has 0 spiro atoms. The highest BCUT2D eigenvalue weighted by Crippen LogP contribution is 2.27. The maximum absolute atomic E-state index is 12.9. The Balaban J connectivity index is 3.23. The van der Waals surface area contributed by atoms with E-state index in [-0.39, 0.29) is 29.4 Å². The van der Waals surface area contributed by atoms with Crippen LogP contribution in [0.3, 0.4) is 0 Å². The van der Waals surface area contributed by atoms with E-state index in [0.29, 0.717) is 18.9 Å². The van der Waals surface area contributed by atoms with Crippen LogP contribution in [0.4, 0.5) is 16.2 Å². The van der Waals surface area contributed by atoms with Gasteiger partial charge in [-0.05, 0) is 55.9 Å². The van der Waals surface area contributed by atoms with E-state index >= 15 is 0 Å². The molecule has 6 nitrogen and oxygen atoms in total. The van der Waals surface area contributed by atoms with Gasteiger partial charge in [-0.1, -0.05) is 34.6 Å². The van der Waals surface area contributed by atoms with Crippen LogP contribution in [0.5, 0.6) is 0 Å². The van der Waals surface area contributed by atoms with Gasteiger partial charge in [0.2, 0.25) is 5.91 Å². The molecule has 1 rings (SSSR count). The first-order chi connectivity index (χ1) is 13.7. The Labute approximate surface area is 183 Å². The lowest BCUT2D eigenvalue weighted by atomic mass is 9.92. The molecule has 1 atom stereocenters. The van der Waals surface area contributed by atoms with E-state index in [1.54, 1.807) is 0 Å². The van der Waals surface area contributed by atoms with Crippen LogP contribution >= 0.6 is 0 Å². The van der Waals surface area contributed by atoms with Crippen molar-refractivity contribution in [2.24, 2.45) is 11.3 Å². The van der Waals surface area contributed by atoms with Gasteiger partial charge in [0.05, 0.1) is 0 Å². The number of rotatable bonds is 8. The van der Waals surface area contributed by atoms with Crippen LogP contribution in [-0.4, -0.2) is 43.0 Å². The second kappa shape index (κ2) is 10.7. The summed E-state index contributed by atoms with van der Waals surface area (Å²) in [6.07, 6.45) is 0.449. The molecule has 0 aliphatic carbocycles. The zero-order chi connectivity index (χ0) is 23.2. The number of amides is 3. The Bertz CT molecular complexity index is 720. The van der Waals surface area contributed by atoms with Gasteiger partial charge in [0.1, 0.15) is 0 Å². The molecule has 0 aliphatic heterocycles. The van der Waals surface area contributed by atoms with Gasteiger partial charge in [-0.15, -0.1) is 0 Å². The highest BCUT2D eigenvalue weighted by atomic mass is 16.2. The number of nitrogens with one attached hydrogen (secondary N) is 2. The highest BCUT2D eigenvalue weighted by molar-refractivity contribution is 5.91. The average molecular weight is 419 g/mol. The number of urea groups is 1. The molecule has 0 radical (unpaired) electrons. The standard InChI is InChI=1S/C24H42N4O2/c1-16(2)18(5)28(23(30)25-17(3)4)15-19-13-20(11-12-21(19)27(9)10)26-22(29)14-24(6,7)8/h11-13,16-18H,14-15H2,1-10H3,(H,25,30)(H,26,29)/t18-/m1/s1. The fraction of sp³-hybridized carbons (Fsp3) is 0.667. The SMILES string of the molecule is CC(C)NC(=O)N(Cc1cc(NC(=O)CC(C)(C)C)ccc1N(C)C)[C@H](C)C(C)C. The van der Waals surface area contributed by atoms with Gasteiger partial charge in [0.15, 0.2) is 0 Å². The third-order valence-corrected chi connectivity index (χ3v) is 5.01. The van der Waals surface area contributed by atoms with Gasteiger partial charge in [-0.3, -0.25) is 4.79 Å². The smallest absolute Gasteiger partial charge is 0.318 e. The lowest BCUT2D eigenvalue weighted by Crippen LogP contribution is -2.48. The van der Waals surface area contributed by atoms with Gasteiger partial charge in [-0.2, -0.15) is 0 Å². The minimum atomic E-state index is -0.0745. The number of carbonyl (C=O) groups is 2. The number of hydrogen-bond donors (Lipinski definition) is 2. The predicted octanol–water partition coefficient (Wildman–Crippen LogP) is 5.09. The van der Waals surface area contributed by atoms with Crippen molar-refractivity contribution in [3.8, 4) is 0 Å². The molecular weight excluding hydrogens is 376 g/mol. The minimum absolute atomic E-state index is 0.00370. The quantitative estimate of drug-likeness (QED) is 0.618. The molecule has 30 heavy (non-hydrogen) atoms. The summed E-state index contributed by atoms with van der Waals surface area (Å²) in [5.74, 6) is 0.316. The summed E-state index contributed by atoms with van der Waals surface area (Å²) in [4.78, 5) is 29.3. The van der Waals surface area contributed by atoms with Crippen LogP contribution in [0.1, 0.15) is 67.4 Å². The summed E-state index contributed by atoms with van der Waals surface area (Å²) in [7, 11) is 3.97. The molecule has 0 aliphatic rings. The number of benzene rings is 1. The normalized spacial score (nSPS) is 12.7. The number of nitrogens with zero attached hydrogens (tertiary/aromatic N) is 2. The average Bonchev–Trinajstić information content (AvgIpc) is 2.56. The van der Waals surface area contributed by atoms with E-state index in [1.807, 2.05) is 76.7 Å². The molecule has 0 heterocycles. The van der Waals surface area contributed by atoms with Crippen LogP contribution in [0.15, 0.2) is 18.2 Å². The van der Waals surface area contributed by atoms with Gasteiger partial charge in [0, 0.05) is 50.5 Å². The number of anilines is 2. The van der Waals surface area contributed by atoms with Crippen LogP contribution in [0.25, 0.3) is 0 Å². The highest BCUT2D eigenvalue weighted by Gasteiger charge is 2.25. The molecule has 0 saturated carbocycles. The van der Waals surface area contributed by atoms with E-state index in [1.165, 1.54) is 0 Å². The largest absolute Gasteiger partial charge is 0.377 e. The minimum Gasteiger partial charge on any atom is -0.377 e. The zero-order valence-electron chi connectivity index (χ0n) is 20.6. The predicted molar refractivity (Wildman–Crippen MR) is 127 cm³/mol. The first kappa shape index (κ1) is 25.8. The third kappa shape index (κ3) is 8.25. The van der Waals surface area contributed by atoms with Crippen LogP contribution in [0, 0.1) is 11.3 Å². The Hall–Kier alpha value is -2.24. The monoisotopic (exact) mass is 418 g/mol. The molecule has 6 heteroatoms. The van der Waals surface area contributed by atoms with E-state index in [4.69, 9.17) is 0 Å². The van der Waals surface area contributed by atoms with Crippen molar-refractivity contribution in [2.75, 3.05) is 24.3 Å². The summed E-state index contributed by atoms with van der Waals surface area (Å²) in [6.45, 7) is 16.9. The van der Waals surface area contributed by atoms with E-state index < -0.39 is 0 Å². The van der Waals surface area contributed by atoms with Crippen molar-refractivity contribution >= 4 is 23.3 Å². The van der Waals surface area contributed by atoms with E-state index in [9.17, 15) is 9.59 Å². The first-order valence-electron chi connectivity index (χ1n) is 10.9. The van der Waals surface area contributed by atoms with Crippen molar-refractivity contribution in [1.29, 1.82) is 0 Å². The Morgan fingerprint density at radius 1 is 1.03 bits per heavy atom. The first-order valence-corrected chi connectivity index (χ1v) is 10.9. The fourth-order valence-electron chi connectivity index (χ4n) is 3.19. The van der Waals surface area contributed by atoms with Gasteiger partial charge >= 0.3 is 6.03 Å². The molecule has 1 aromatic rings. The van der Waals surface area contributed by atoms with Crippen molar-refractivity contribution < 1.29 is 9.59 Å². The molecule has 0 fully saturated rings. The lowest BCUT2D eigenvalue weighted by Gasteiger charge is -2.34. The molecule has 1 aromatic carbocycles.